The number of fused-ring (bicyclic) bond motifs is 1. The van der Waals surface area contributed by atoms with Crippen LogP contribution in [0, 0.1) is 6.92 Å². The summed E-state index contributed by atoms with van der Waals surface area (Å²) < 4.78 is 0. The maximum Gasteiger partial charge on any atom is 0.0705 e. The van der Waals surface area contributed by atoms with Crippen LogP contribution < -0.4 is 5.32 Å². The lowest BCUT2D eigenvalue weighted by Gasteiger charge is -2.20. The van der Waals surface area contributed by atoms with Gasteiger partial charge in [0.25, 0.3) is 0 Å². The quantitative estimate of drug-likeness (QED) is 0.738. The molecule has 108 valence electrons. The predicted octanol–water partition coefficient (Wildman–Crippen LogP) is 4.69. The zero-order valence-electron chi connectivity index (χ0n) is 12.5. The fourth-order valence-electron chi connectivity index (χ4n) is 2.68. The van der Waals surface area contributed by atoms with Crippen molar-refractivity contribution >= 4 is 22.2 Å². The first-order valence-corrected chi connectivity index (χ1v) is 8.29. The second kappa shape index (κ2) is 6.37. The van der Waals surface area contributed by atoms with Crippen LogP contribution in [0.2, 0.25) is 0 Å². The third kappa shape index (κ3) is 2.99. The Balaban J connectivity index is 2.09. The number of hydrogen-bond donors (Lipinski definition) is 1. The van der Waals surface area contributed by atoms with E-state index in [1.807, 2.05) is 23.6 Å². The molecule has 21 heavy (non-hydrogen) atoms. The first-order valence-electron chi connectivity index (χ1n) is 7.41. The Bertz CT molecular complexity index is 727. The maximum atomic E-state index is 4.48. The zero-order valence-corrected chi connectivity index (χ0v) is 13.3. The third-order valence-electron chi connectivity index (χ3n) is 3.68. The molecule has 1 unspecified atom stereocenters. The van der Waals surface area contributed by atoms with Gasteiger partial charge in [0.1, 0.15) is 0 Å². The van der Waals surface area contributed by atoms with Gasteiger partial charge in [0.05, 0.1) is 11.6 Å². The molecule has 0 aliphatic rings. The van der Waals surface area contributed by atoms with E-state index in [0.717, 1.165) is 18.5 Å². The molecule has 0 spiro atoms. The number of thiophene rings is 1. The highest BCUT2D eigenvalue weighted by Crippen LogP contribution is 2.30. The van der Waals surface area contributed by atoms with Crippen molar-refractivity contribution < 1.29 is 0 Å². The molecule has 0 saturated carbocycles. The molecule has 2 heterocycles. The topological polar surface area (TPSA) is 24.9 Å². The predicted molar refractivity (Wildman–Crippen MR) is 90.9 cm³/mol. The monoisotopic (exact) mass is 296 g/mol. The molecule has 1 N–H and O–H groups in total. The first-order chi connectivity index (χ1) is 10.3. The van der Waals surface area contributed by atoms with Crippen LogP contribution in [-0.2, 0) is 0 Å². The van der Waals surface area contributed by atoms with E-state index in [2.05, 4.69) is 59.9 Å². The summed E-state index contributed by atoms with van der Waals surface area (Å²) in [6.07, 6.45) is 3.04. The second-order valence-electron chi connectivity index (χ2n) is 5.30. The lowest BCUT2D eigenvalue weighted by Crippen LogP contribution is -2.23. The number of rotatable bonds is 5. The average Bonchev–Trinajstić information content (AvgIpc) is 2.94. The molecule has 0 bridgehead atoms. The summed E-state index contributed by atoms with van der Waals surface area (Å²) in [7, 11) is 0. The number of nitrogens with one attached hydrogen (secondary N) is 1. The van der Waals surface area contributed by atoms with E-state index in [1.165, 1.54) is 21.4 Å². The van der Waals surface area contributed by atoms with Crippen molar-refractivity contribution in [2.24, 2.45) is 0 Å². The van der Waals surface area contributed by atoms with Gasteiger partial charge in [0.2, 0.25) is 0 Å². The van der Waals surface area contributed by atoms with Crippen molar-refractivity contribution in [3.05, 3.63) is 64.0 Å². The molecule has 1 aromatic carbocycles. The van der Waals surface area contributed by atoms with Gasteiger partial charge in [0.15, 0.2) is 0 Å². The van der Waals surface area contributed by atoms with Crippen molar-refractivity contribution in [1.29, 1.82) is 0 Å². The van der Waals surface area contributed by atoms with Crippen LogP contribution in [0.1, 0.15) is 35.4 Å². The molecule has 3 aromatic rings. The largest absolute Gasteiger partial charge is 0.306 e. The summed E-state index contributed by atoms with van der Waals surface area (Å²) >= 11 is 1.81. The number of hydrogen-bond acceptors (Lipinski definition) is 3. The lowest BCUT2D eigenvalue weighted by atomic mass is 9.97. The molecule has 0 amide bonds. The van der Waals surface area contributed by atoms with Gasteiger partial charge in [-0.1, -0.05) is 25.1 Å². The number of para-hydroxylation sites is 1. The summed E-state index contributed by atoms with van der Waals surface area (Å²) in [5.74, 6) is 0. The molecule has 0 radical (unpaired) electrons. The molecule has 1 atom stereocenters. The van der Waals surface area contributed by atoms with Crippen molar-refractivity contribution in [3.63, 3.8) is 0 Å². The highest BCUT2D eigenvalue weighted by atomic mass is 32.1. The minimum atomic E-state index is 0.239. The van der Waals surface area contributed by atoms with Crippen LogP contribution in [0.4, 0.5) is 0 Å². The van der Waals surface area contributed by atoms with Gasteiger partial charge >= 0.3 is 0 Å². The van der Waals surface area contributed by atoms with Crippen molar-refractivity contribution in [2.45, 2.75) is 26.3 Å². The zero-order chi connectivity index (χ0) is 14.7. The summed E-state index contributed by atoms with van der Waals surface area (Å²) in [5, 5.41) is 7.18. The Hall–Kier alpha value is -1.71. The molecular formula is C18H20N2S. The van der Waals surface area contributed by atoms with Crippen molar-refractivity contribution in [1.82, 2.24) is 10.3 Å². The molecule has 0 saturated heterocycles. The smallest absolute Gasteiger partial charge is 0.0705 e. The van der Waals surface area contributed by atoms with Gasteiger partial charge in [-0.3, -0.25) is 4.98 Å². The number of benzene rings is 1. The summed E-state index contributed by atoms with van der Waals surface area (Å²) in [6.45, 7) is 5.37. The van der Waals surface area contributed by atoms with Crippen LogP contribution in [0.15, 0.2) is 48.0 Å². The molecule has 3 rings (SSSR count). The summed E-state index contributed by atoms with van der Waals surface area (Å²) in [4.78, 5) is 5.83. The summed E-state index contributed by atoms with van der Waals surface area (Å²) in [5.41, 5.74) is 3.72. The Morgan fingerprint density at radius 3 is 2.86 bits per heavy atom. The number of nitrogens with zero attached hydrogens (tertiary/aromatic N) is 1. The summed E-state index contributed by atoms with van der Waals surface area (Å²) in [6, 6.07) is 13.0. The van der Waals surface area contributed by atoms with E-state index < -0.39 is 0 Å². The Kier molecular flexibility index (Phi) is 4.32. The van der Waals surface area contributed by atoms with E-state index in [0.29, 0.717) is 0 Å². The molecule has 0 aliphatic heterocycles. The van der Waals surface area contributed by atoms with Gasteiger partial charge in [-0.2, -0.15) is 0 Å². The highest BCUT2D eigenvalue weighted by molar-refractivity contribution is 7.10. The average molecular weight is 296 g/mol. The molecule has 2 aromatic heterocycles. The van der Waals surface area contributed by atoms with Crippen LogP contribution in [0.25, 0.3) is 10.9 Å². The Morgan fingerprint density at radius 1 is 1.24 bits per heavy atom. The SMILES string of the molecule is CCCNC(c1csc(C)c1)c1ccnc2ccccc12. The van der Waals surface area contributed by atoms with E-state index in [1.54, 1.807) is 0 Å². The lowest BCUT2D eigenvalue weighted by molar-refractivity contribution is 0.602. The van der Waals surface area contributed by atoms with Crippen LogP contribution in [-0.4, -0.2) is 11.5 Å². The maximum absolute atomic E-state index is 4.48. The van der Waals surface area contributed by atoms with Gasteiger partial charge in [-0.25, -0.2) is 0 Å². The first kappa shape index (κ1) is 14.2. The van der Waals surface area contributed by atoms with Crippen LogP contribution in [0.5, 0.6) is 0 Å². The fraction of sp³-hybridized carbons (Fsp3) is 0.278. The molecule has 0 fully saturated rings. The minimum Gasteiger partial charge on any atom is -0.306 e. The molecular weight excluding hydrogens is 276 g/mol. The van der Waals surface area contributed by atoms with E-state index in [9.17, 15) is 0 Å². The Morgan fingerprint density at radius 2 is 2.10 bits per heavy atom. The minimum absolute atomic E-state index is 0.239. The highest BCUT2D eigenvalue weighted by Gasteiger charge is 2.17. The van der Waals surface area contributed by atoms with Gasteiger partial charge in [0, 0.05) is 16.5 Å². The number of aromatic nitrogens is 1. The van der Waals surface area contributed by atoms with E-state index in [-0.39, 0.29) is 6.04 Å². The van der Waals surface area contributed by atoms with Crippen LogP contribution >= 0.6 is 11.3 Å². The Labute approximate surface area is 129 Å². The number of aryl methyl sites for hydroxylation is 1. The van der Waals surface area contributed by atoms with Crippen molar-refractivity contribution in [3.8, 4) is 0 Å². The van der Waals surface area contributed by atoms with Gasteiger partial charge in [-0.15, -0.1) is 11.3 Å². The fourth-order valence-corrected chi connectivity index (χ4v) is 3.41. The van der Waals surface area contributed by atoms with Gasteiger partial charge < -0.3 is 5.32 Å². The normalized spacial score (nSPS) is 12.7. The number of pyridine rings is 1. The van der Waals surface area contributed by atoms with Crippen molar-refractivity contribution in [2.75, 3.05) is 6.54 Å². The van der Waals surface area contributed by atoms with E-state index in [4.69, 9.17) is 0 Å². The van der Waals surface area contributed by atoms with Crippen LogP contribution in [0.3, 0.4) is 0 Å². The standard InChI is InChI=1S/C18H20N2S/c1-3-9-20-18(14-11-13(2)21-12-14)16-8-10-19-17-7-5-4-6-15(16)17/h4-8,10-12,18,20H,3,9H2,1-2H3. The second-order valence-corrected chi connectivity index (χ2v) is 6.41. The molecule has 3 heteroatoms. The third-order valence-corrected chi connectivity index (χ3v) is 4.56. The molecule has 2 nitrogen and oxygen atoms in total. The van der Waals surface area contributed by atoms with Gasteiger partial charge in [-0.05, 0) is 54.6 Å². The van der Waals surface area contributed by atoms with E-state index >= 15 is 0 Å². The molecule has 0 aliphatic carbocycles.